The van der Waals surface area contributed by atoms with Gasteiger partial charge in [-0.2, -0.15) is 13.2 Å². The summed E-state index contributed by atoms with van der Waals surface area (Å²) in [6, 6.07) is 4.23. The number of hydrogen-bond donors (Lipinski definition) is 2. The predicted octanol–water partition coefficient (Wildman–Crippen LogP) is 2.75. The van der Waals surface area contributed by atoms with Crippen molar-refractivity contribution in [2.75, 3.05) is 19.6 Å². The number of alkyl halides is 3. The van der Waals surface area contributed by atoms with Crippen molar-refractivity contribution in [2.24, 2.45) is 0 Å². The van der Waals surface area contributed by atoms with Crippen LogP contribution in [0.15, 0.2) is 35.9 Å². The fourth-order valence-electron chi connectivity index (χ4n) is 2.15. The zero-order valence-corrected chi connectivity index (χ0v) is 11.5. The lowest BCUT2D eigenvalue weighted by Crippen LogP contribution is -2.26. The lowest BCUT2D eigenvalue weighted by Gasteiger charge is -2.14. The van der Waals surface area contributed by atoms with Crippen LogP contribution in [-0.2, 0) is 6.18 Å². The number of halogens is 3. The second-order valence-electron chi connectivity index (χ2n) is 4.90. The maximum atomic E-state index is 12.4. The molecular weight excluding hydrogens is 281 g/mol. The first kappa shape index (κ1) is 15.6. The minimum Gasteiger partial charge on any atom is -0.352 e. The van der Waals surface area contributed by atoms with Crippen molar-refractivity contribution in [1.29, 1.82) is 0 Å². The lowest BCUT2D eigenvalue weighted by molar-refractivity contribution is -0.137. The summed E-state index contributed by atoms with van der Waals surface area (Å²) in [4.78, 5) is 11.8. The zero-order chi connectivity index (χ0) is 15.3. The fourth-order valence-corrected chi connectivity index (χ4v) is 2.15. The first-order chi connectivity index (χ1) is 9.97. The van der Waals surface area contributed by atoms with Crippen molar-refractivity contribution >= 4 is 5.91 Å². The number of hydrogen-bond acceptors (Lipinski definition) is 2. The predicted molar refractivity (Wildman–Crippen MR) is 74.0 cm³/mol. The van der Waals surface area contributed by atoms with E-state index >= 15 is 0 Å². The van der Waals surface area contributed by atoms with E-state index in [0.717, 1.165) is 38.1 Å². The molecule has 0 saturated heterocycles. The smallest absolute Gasteiger partial charge is 0.352 e. The largest absolute Gasteiger partial charge is 0.416 e. The number of carbonyl (C=O) groups excluding carboxylic acids is 1. The molecule has 2 rings (SSSR count). The van der Waals surface area contributed by atoms with Crippen molar-refractivity contribution < 1.29 is 18.0 Å². The number of amides is 1. The topological polar surface area (TPSA) is 41.1 Å². The Labute approximate surface area is 121 Å². The van der Waals surface area contributed by atoms with E-state index < -0.39 is 11.7 Å². The van der Waals surface area contributed by atoms with E-state index in [1.54, 1.807) is 0 Å². The van der Waals surface area contributed by atoms with Gasteiger partial charge in [0.1, 0.15) is 0 Å². The molecule has 0 atom stereocenters. The average Bonchev–Trinajstić information content (AvgIpc) is 2.47. The van der Waals surface area contributed by atoms with Crippen molar-refractivity contribution in [2.45, 2.75) is 19.0 Å². The van der Waals surface area contributed by atoms with Crippen LogP contribution in [0.2, 0.25) is 0 Å². The number of carbonyl (C=O) groups is 1. The molecule has 0 aromatic heterocycles. The van der Waals surface area contributed by atoms with Crippen LogP contribution >= 0.6 is 0 Å². The Morgan fingerprint density at radius 3 is 2.52 bits per heavy atom. The van der Waals surface area contributed by atoms with E-state index in [9.17, 15) is 18.0 Å². The Bertz CT molecular complexity index is 521. The summed E-state index contributed by atoms with van der Waals surface area (Å²) in [7, 11) is 0. The average molecular weight is 298 g/mol. The Kier molecular flexibility index (Phi) is 5.01. The molecule has 0 bridgehead atoms. The van der Waals surface area contributed by atoms with Crippen molar-refractivity contribution in [3.8, 4) is 0 Å². The summed E-state index contributed by atoms with van der Waals surface area (Å²) < 4.78 is 37.3. The molecule has 1 aliphatic rings. The van der Waals surface area contributed by atoms with Gasteiger partial charge in [0.05, 0.1) is 5.56 Å². The number of nitrogens with one attached hydrogen (secondary N) is 2. The minimum absolute atomic E-state index is 0.238. The van der Waals surface area contributed by atoms with Crippen molar-refractivity contribution in [3.05, 3.63) is 47.0 Å². The Balaban J connectivity index is 1.84. The molecule has 0 unspecified atom stereocenters. The molecule has 3 nitrogen and oxygen atoms in total. The van der Waals surface area contributed by atoms with Gasteiger partial charge in [0, 0.05) is 18.7 Å². The van der Waals surface area contributed by atoms with E-state index in [1.165, 1.54) is 17.7 Å². The fraction of sp³-hybridized carbons (Fsp3) is 0.400. The van der Waals surface area contributed by atoms with E-state index in [2.05, 4.69) is 16.7 Å². The SMILES string of the molecule is O=C(NCCC1=CCNCC1)c1ccc(C(F)(F)F)cc1. The molecule has 0 aliphatic carbocycles. The van der Waals surface area contributed by atoms with E-state index in [1.807, 2.05) is 0 Å². The minimum atomic E-state index is -4.38. The molecule has 0 saturated carbocycles. The van der Waals surface area contributed by atoms with Gasteiger partial charge in [0.15, 0.2) is 0 Å². The van der Waals surface area contributed by atoms with Gasteiger partial charge in [-0.25, -0.2) is 0 Å². The van der Waals surface area contributed by atoms with Crippen LogP contribution in [0, 0.1) is 0 Å². The molecule has 1 heterocycles. The first-order valence-electron chi connectivity index (χ1n) is 6.81. The molecular formula is C15H17F3N2O. The third-order valence-electron chi connectivity index (χ3n) is 3.36. The van der Waals surface area contributed by atoms with Crippen molar-refractivity contribution in [3.63, 3.8) is 0 Å². The highest BCUT2D eigenvalue weighted by Crippen LogP contribution is 2.29. The molecule has 21 heavy (non-hydrogen) atoms. The van der Waals surface area contributed by atoms with E-state index in [4.69, 9.17) is 0 Å². The van der Waals surface area contributed by atoms with E-state index in [0.29, 0.717) is 6.54 Å². The Morgan fingerprint density at radius 2 is 1.95 bits per heavy atom. The van der Waals surface area contributed by atoms with Crippen LogP contribution in [0.25, 0.3) is 0 Å². The Morgan fingerprint density at radius 1 is 1.24 bits per heavy atom. The number of benzene rings is 1. The first-order valence-corrected chi connectivity index (χ1v) is 6.81. The van der Waals surface area contributed by atoms with Gasteiger partial charge in [-0.3, -0.25) is 4.79 Å². The maximum absolute atomic E-state index is 12.4. The summed E-state index contributed by atoms with van der Waals surface area (Å²) in [5, 5.41) is 5.92. The highest BCUT2D eigenvalue weighted by molar-refractivity contribution is 5.94. The molecule has 1 amide bonds. The second kappa shape index (κ2) is 6.76. The number of rotatable bonds is 4. The summed E-state index contributed by atoms with van der Waals surface area (Å²) in [5.74, 6) is -0.349. The summed E-state index contributed by atoms with van der Waals surface area (Å²) in [5.41, 5.74) is 0.780. The standard InChI is InChI=1S/C15H17F3N2O/c16-15(17,18)13-3-1-12(2-4-13)14(21)20-10-7-11-5-8-19-9-6-11/h1-5,19H,6-10H2,(H,20,21). The highest BCUT2D eigenvalue weighted by atomic mass is 19.4. The quantitative estimate of drug-likeness (QED) is 0.839. The summed E-state index contributed by atoms with van der Waals surface area (Å²) in [6.45, 7) is 2.28. The van der Waals surface area contributed by atoms with Gasteiger partial charge in [0.25, 0.3) is 5.91 Å². The van der Waals surface area contributed by atoms with Gasteiger partial charge < -0.3 is 10.6 Å². The van der Waals surface area contributed by atoms with Gasteiger partial charge in [-0.05, 0) is 43.7 Å². The molecule has 0 radical (unpaired) electrons. The van der Waals surface area contributed by atoms with Gasteiger partial charge in [-0.1, -0.05) is 11.6 Å². The third-order valence-corrected chi connectivity index (χ3v) is 3.36. The summed E-state index contributed by atoms with van der Waals surface area (Å²) >= 11 is 0. The molecule has 0 spiro atoms. The molecule has 1 aliphatic heterocycles. The van der Waals surface area contributed by atoms with Gasteiger partial charge in [0.2, 0.25) is 0 Å². The van der Waals surface area contributed by atoms with Crippen molar-refractivity contribution in [1.82, 2.24) is 10.6 Å². The van der Waals surface area contributed by atoms with Crippen LogP contribution in [0.4, 0.5) is 13.2 Å². The maximum Gasteiger partial charge on any atom is 0.416 e. The molecule has 2 N–H and O–H groups in total. The molecule has 6 heteroatoms. The van der Waals surface area contributed by atoms with Crippen LogP contribution in [0.3, 0.4) is 0 Å². The van der Waals surface area contributed by atoms with E-state index in [-0.39, 0.29) is 11.5 Å². The van der Waals surface area contributed by atoms with Gasteiger partial charge >= 0.3 is 6.18 Å². The molecule has 0 fully saturated rings. The molecule has 114 valence electrons. The molecule has 1 aromatic carbocycles. The van der Waals surface area contributed by atoms with Gasteiger partial charge in [-0.15, -0.1) is 0 Å². The van der Waals surface area contributed by atoms with Crippen LogP contribution < -0.4 is 10.6 Å². The zero-order valence-electron chi connectivity index (χ0n) is 11.5. The lowest BCUT2D eigenvalue weighted by atomic mass is 10.1. The Hall–Kier alpha value is -1.82. The van der Waals surface area contributed by atoms with Crippen LogP contribution in [0.5, 0.6) is 0 Å². The monoisotopic (exact) mass is 298 g/mol. The third kappa shape index (κ3) is 4.60. The van der Waals surface area contributed by atoms with Crippen LogP contribution in [0.1, 0.15) is 28.8 Å². The van der Waals surface area contributed by atoms with Crippen LogP contribution in [-0.4, -0.2) is 25.5 Å². The highest BCUT2D eigenvalue weighted by Gasteiger charge is 2.30. The summed E-state index contributed by atoms with van der Waals surface area (Å²) in [6.07, 6.45) is -0.533. The molecule has 1 aromatic rings. The second-order valence-corrected chi connectivity index (χ2v) is 4.90. The normalized spacial score (nSPS) is 15.5.